The van der Waals surface area contributed by atoms with Crippen LogP contribution < -0.4 is 5.32 Å². The molecule has 1 fully saturated rings. The fraction of sp³-hybridized carbons (Fsp3) is 0.519. The van der Waals surface area contributed by atoms with E-state index in [0.717, 1.165) is 83.9 Å². The van der Waals surface area contributed by atoms with E-state index in [1.165, 1.54) is 11.1 Å². The zero-order chi connectivity index (χ0) is 22.6. The second-order valence-electron chi connectivity index (χ2n) is 8.72. The van der Waals surface area contributed by atoms with Crippen molar-refractivity contribution in [2.75, 3.05) is 52.4 Å². The van der Waals surface area contributed by atoms with E-state index in [0.29, 0.717) is 0 Å². The van der Waals surface area contributed by atoms with Gasteiger partial charge in [0.15, 0.2) is 0 Å². The van der Waals surface area contributed by atoms with Crippen molar-refractivity contribution in [1.29, 1.82) is 0 Å². The van der Waals surface area contributed by atoms with Crippen LogP contribution in [0.4, 0.5) is 0 Å². The highest BCUT2D eigenvalue weighted by Gasteiger charge is 2.16. The Labute approximate surface area is 194 Å². The van der Waals surface area contributed by atoms with Crippen LogP contribution in [0, 0.1) is 0 Å². The predicted octanol–water partition coefficient (Wildman–Crippen LogP) is 3.86. The monoisotopic (exact) mass is 436 g/mol. The van der Waals surface area contributed by atoms with Gasteiger partial charge in [-0.3, -0.25) is 14.6 Å². The summed E-state index contributed by atoms with van der Waals surface area (Å²) in [5.74, 6) is 0.0360. The standard InChI is InChI=1S/C27H40N4O/c1-3-29(4-2)22-25-12-14-26(15-13-25)27(32)28-16-8-9-17-30-18-20-31(21-19-30)23-24-10-6-5-7-11-24/h5-7,10-15H,3-4,8-9,16-23H2,1-2H3,(H,28,32). The van der Waals surface area contributed by atoms with Gasteiger partial charge in [-0.2, -0.15) is 0 Å². The van der Waals surface area contributed by atoms with Gasteiger partial charge in [0.25, 0.3) is 5.91 Å². The maximum absolute atomic E-state index is 12.4. The lowest BCUT2D eigenvalue weighted by atomic mass is 10.1. The molecule has 1 amide bonds. The van der Waals surface area contributed by atoms with E-state index in [4.69, 9.17) is 0 Å². The normalized spacial score (nSPS) is 15.2. The minimum absolute atomic E-state index is 0.0360. The fourth-order valence-electron chi connectivity index (χ4n) is 4.24. The molecule has 0 radical (unpaired) electrons. The van der Waals surface area contributed by atoms with Crippen molar-refractivity contribution in [2.45, 2.75) is 39.8 Å². The van der Waals surface area contributed by atoms with Crippen LogP contribution >= 0.6 is 0 Å². The number of nitrogens with zero attached hydrogens (tertiary/aromatic N) is 3. The Bertz CT molecular complexity index is 781. The lowest BCUT2D eigenvalue weighted by Gasteiger charge is -2.34. The number of unbranched alkanes of at least 4 members (excludes halogenated alkanes) is 1. The van der Waals surface area contributed by atoms with Gasteiger partial charge in [-0.15, -0.1) is 0 Å². The first-order valence-corrected chi connectivity index (χ1v) is 12.3. The van der Waals surface area contributed by atoms with Crippen LogP contribution in [0.5, 0.6) is 0 Å². The Balaban J connectivity index is 1.27. The summed E-state index contributed by atoms with van der Waals surface area (Å²) in [5, 5.41) is 3.08. The summed E-state index contributed by atoms with van der Waals surface area (Å²) in [4.78, 5) is 19.9. The average Bonchev–Trinajstić information content (AvgIpc) is 2.84. The van der Waals surface area contributed by atoms with Crippen molar-refractivity contribution in [3.8, 4) is 0 Å². The molecule has 0 aromatic heterocycles. The SMILES string of the molecule is CCN(CC)Cc1ccc(C(=O)NCCCCN2CCN(Cc3ccccc3)CC2)cc1. The average molecular weight is 437 g/mol. The van der Waals surface area contributed by atoms with Gasteiger partial charge in [0, 0.05) is 51.4 Å². The molecule has 0 spiro atoms. The third-order valence-corrected chi connectivity index (χ3v) is 6.42. The largest absolute Gasteiger partial charge is 0.352 e. The number of piperazine rings is 1. The summed E-state index contributed by atoms with van der Waals surface area (Å²) < 4.78 is 0. The van der Waals surface area contributed by atoms with Crippen molar-refractivity contribution in [1.82, 2.24) is 20.0 Å². The van der Waals surface area contributed by atoms with Crippen LogP contribution in [-0.2, 0) is 13.1 Å². The van der Waals surface area contributed by atoms with Crippen LogP contribution in [0.25, 0.3) is 0 Å². The van der Waals surface area contributed by atoms with Gasteiger partial charge in [-0.05, 0) is 55.7 Å². The number of hydrogen-bond donors (Lipinski definition) is 1. The molecule has 3 rings (SSSR count). The van der Waals surface area contributed by atoms with Crippen molar-refractivity contribution in [3.63, 3.8) is 0 Å². The molecule has 1 aliphatic heterocycles. The molecule has 174 valence electrons. The van der Waals surface area contributed by atoms with E-state index in [1.807, 2.05) is 12.1 Å². The maximum atomic E-state index is 12.4. The van der Waals surface area contributed by atoms with E-state index in [1.54, 1.807) is 0 Å². The molecule has 2 aromatic carbocycles. The van der Waals surface area contributed by atoms with Crippen LogP contribution in [0.15, 0.2) is 54.6 Å². The molecule has 2 aromatic rings. The van der Waals surface area contributed by atoms with Gasteiger partial charge in [-0.25, -0.2) is 0 Å². The quantitative estimate of drug-likeness (QED) is 0.513. The number of rotatable bonds is 12. The molecule has 32 heavy (non-hydrogen) atoms. The third-order valence-electron chi connectivity index (χ3n) is 6.42. The van der Waals surface area contributed by atoms with E-state index < -0.39 is 0 Å². The second-order valence-corrected chi connectivity index (χ2v) is 8.72. The number of amides is 1. The molecule has 0 bridgehead atoms. The smallest absolute Gasteiger partial charge is 0.251 e. The number of carbonyl (C=O) groups is 1. The minimum Gasteiger partial charge on any atom is -0.352 e. The summed E-state index contributed by atoms with van der Waals surface area (Å²) in [6.07, 6.45) is 2.15. The van der Waals surface area contributed by atoms with E-state index in [9.17, 15) is 4.79 Å². The molecule has 0 unspecified atom stereocenters. The molecule has 0 atom stereocenters. The first-order chi connectivity index (χ1) is 15.7. The van der Waals surface area contributed by atoms with Gasteiger partial charge >= 0.3 is 0 Å². The lowest BCUT2D eigenvalue weighted by Crippen LogP contribution is -2.46. The molecule has 1 heterocycles. The van der Waals surface area contributed by atoms with Crippen LogP contribution in [-0.4, -0.2) is 73.0 Å². The lowest BCUT2D eigenvalue weighted by molar-refractivity contribution is 0.0951. The Kier molecular flexibility index (Phi) is 10.2. The predicted molar refractivity (Wildman–Crippen MR) is 133 cm³/mol. The zero-order valence-corrected chi connectivity index (χ0v) is 19.9. The molecule has 5 heteroatoms. The third kappa shape index (κ3) is 8.05. The molecular weight excluding hydrogens is 396 g/mol. The molecule has 5 nitrogen and oxygen atoms in total. The fourth-order valence-corrected chi connectivity index (χ4v) is 4.24. The maximum Gasteiger partial charge on any atom is 0.251 e. The highest BCUT2D eigenvalue weighted by Crippen LogP contribution is 2.10. The van der Waals surface area contributed by atoms with Gasteiger partial charge in [0.05, 0.1) is 0 Å². The van der Waals surface area contributed by atoms with Crippen molar-refractivity contribution in [2.24, 2.45) is 0 Å². The van der Waals surface area contributed by atoms with Crippen LogP contribution in [0.1, 0.15) is 48.2 Å². The van der Waals surface area contributed by atoms with E-state index in [-0.39, 0.29) is 5.91 Å². The number of nitrogens with one attached hydrogen (secondary N) is 1. The number of carbonyl (C=O) groups excluding carboxylic acids is 1. The van der Waals surface area contributed by atoms with Gasteiger partial charge < -0.3 is 10.2 Å². The highest BCUT2D eigenvalue weighted by atomic mass is 16.1. The first-order valence-electron chi connectivity index (χ1n) is 12.3. The van der Waals surface area contributed by atoms with Crippen molar-refractivity contribution >= 4 is 5.91 Å². The van der Waals surface area contributed by atoms with Crippen molar-refractivity contribution in [3.05, 3.63) is 71.3 Å². The van der Waals surface area contributed by atoms with Gasteiger partial charge in [0.2, 0.25) is 0 Å². The van der Waals surface area contributed by atoms with Crippen molar-refractivity contribution < 1.29 is 4.79 Å². The summed E-state index contributed by atoms with van der Waals surface area (Å²) in [6, 6.07) is 18.8. The first kappa shape index (κ1) is 24.4. The zero-order valence-electron chi connectivity index (χ0n) is 19.9. The topological polar surface area (TPSA) is 38.8 Å². The summed E-state index contributed by atoms with van der Waals surface area (Å²) in [5.41, 5.74) is 3.41. The van der Waals surface area contributed by atoms with Gasteiger partial charge in [0.1, 0.15) is 0 Å². The molecule has 1 N–H and O–H groups in total. The Morgan fingerprint density at radius 3 is 2.16 bits per heavy atom. The summed E-state index contributed by atoms with van der Waals surface area (Å²) in [7, 11) is 0. The van der Waals surface area contributed by atoms with E-state index in [2.05, 4.69) is 76.3 Å². The number of benzene rings is 2. The number of hydrogen-bond acceptors (Lipinski definition) is 4. The summed E-state index contributed by atoms with van der Waals surface area (Å²) >= 11 is 0. The Hall–Kier alpha value is -2.21. The van der Waals surface area contributed by atoms with E-state index >= 15 is 0 Å². The summed E-state index contributed by atoms with van der Waals surface area (Å²) in [6.45, 7) is 14.8. The second kappa shape index (κ2) is 13.4. The Morgan fingerprint density at radius 1 is 0.844 bits per heavy atom. The van der Waals surface area contributed by atoms with Crippen LogP contribution in [0.2, 0.25) is 0 Å². The molecule has 0 aliphatic carbocycles. The molecule has 1 aliphatic rings. The van der Waals surface area contributed by atoms with Gasteiger partial charge in [-0.1, -0.05) is 56.3 Å². The minimum atomic E-state index is 0.0360. The Morgan fingerprint density at radius 2 is 1.50 bits per heavy atom. The molecular formula is C27H40N4O. The molecule has 0 saturated carbocycles. The molecule has 1 saturated heterocycles. The van der Waals surface area contributed by atoms with Crippen LogP contribution in [0.3, 0.4) is 0 Å². The highest BCUT2D eigenvalue weighted by molar-refractivity contribution is 5.94.